The van der Waals surface area contributed by atoms with E-state index in [1.54, 1.807) is 17.0 Å². The van der Waals surface area contributed by atoms with Gasteiger partial charge in [0, 0.05) is 30.1 Å². The zero-order valence-electron chi connectivity index (χ0n) is 20.2. The zero-order valence-corrected chi connectivity index (χ0v) is 20.9. The van der Waals surface area contributed by atoms with Crippen LogP contribution in [0.2, 0.25) is 5.02 Å². The molecule has 9 heteroatoms. The van der Waals surface area contributed by atoms with Crippen molar-refractivity contribution in [3.05, 3.63) is 87.9 Å². The second-order valence-electron chi connectivity index (χ2n) is 9.87. The van der Waals surface area contributed by atoms with Crippen LogP contribution in [0.3, 0.4) is 0 Å². The SMILES string of the molecule is O=C(N[C@H]1CC[C@H](CN2C(=O)C(O)(c3ccccc3)C3=C2CCC=C3)CC1)c1cc(Cl)cnc1C(F)F. The van der Waals surface area contributed by atoms with Crippen LogP contribution in [0.5, 0.6) is 0 Å². The Kier molecular flexibility index (Phi) is 7.14. The van der Waals surface area contributed by atoms with Gasteiger partial charge >= 0.3 is 0 Å². The van der Waals surface area contributed by atoms with Gasteiger partial charge in [-0.05, 0) is 56.1 Å². The topological polar surface area (TPSA) is 82.5 Å². The van der Waals surface area contributed by atoms with E-state index in [1.165, 1.54) is 6.07 Å². The highest BCUT2D eigenvalue weighted by Gasteiger charge is 2.52. The van der Waals surface area contributed by atoms with Crippen LogP contribution in [0.25, 0.3) is 0 Å². The number of halogens is 3. The van der Waals surface area contributed by atoms with Crippen molar-refractivity contribution in [2.24, 2.45) is 5.92 Å². The lowest BCUT2D eigenvalue weighted by atomic mass is 9.84. The Hall–Kier alpha value is -3.10. The zero-order chi connectivity index (χ0) is 26.2. The number of hydrogen-bond donors (Lipinski definition) is 2. The van der Waals surface area contributed by atoms with Crippen LogP contribution < -0.4 is 5.32 Å². The third-order valence-electron chi connectivity index (χ3n) is 7.56. The summed E-state index contributed by atoms with van der Waals surface area (Å²) in [6, 6.07) is 10.1. The molecule has 2 heterocycles. The number of nitrogens with zero attached hydrogens (tertiary/aromatic N) is 2. The lowest BCUT2D eigenvalue weighted by Gasteiger charge is -2.33. The molecule has 1 aromatic carbocycles. The van der Waals surface area contributed by atoms with Crippen molar-refractivity contribution in [2.45, 2.75) is 56.6 Å². The first-order valence-corrected chi connectivity index (χ1v) is 12.9. The normalized spacial score (nSPS) is 25.5. The molecular weight excluding hydrogens is 500 g/mol. The van der Waals surface area contributed by atoms with E-state index in [-0.39, 0.29) is 28.5 Å². The highest BCUT2D eigenvalue weighted by atomic mass is 35.5. The quantitative estimate of drug-likeness (QED) is 0.534. The van der Waals surface area contributed by atoms with Crippen LogP contribution in [-0.4, -0.2) is 39.4 Å². The van der Waals surface area contributed by atoms with E-state index in [1.807, 2.05) is 30.4 Å². The van der Waals surface area contributed by atoms with Gasteiger partial charge < -0.3 is 15.3 Å². The Morgan fingerprint density at radius 3 is 2.65 bits per heavy atom. The molecule has 2 aliphatic carbocycles. The molecule has 1 aliphatic heterocycles. The molecule has 194 valence electrons. The summed E-state index contributed by atoms with van der Waals surface area (Å²) in [4.78, 5) is 31.7. The maximum absolute atomic E-state index is 13.6. The van der Waals surface area contributed by atoms with Crippen molar-refractivity contribution < 1.29 is 23.5 Å². The Morgan fingerprint density at radius 1 is 1.22 bits per heavy atom. The summed E-state index contributed by atoms with van der Waals surface area (Å²) < 4.78 is 26.6. The monoisotopic (exact) mass is 527 g/mol. The molecule has 0 bridgehead atoms. The van der Waals surface area contributed by atoms with Gasteiger partial charge in [-0.2, -0.15) is 0 Å². The van der Waals surface area contributed by atoms with E-state index in [0.29, 0.717) is 36.9 Å². The second-order valence-corrected chi connectivity index (χ2v) is 10.3. The summed E-state index contributed by atoms with van der Waals surface area (Å²) in [7, 11) is 0. The number of alkyl halides is 2. The van der Waals surface area contributed by atoms with Gasteiger partial charge in [-0.1, -0.05) is 54.1 Å². The molecule has 0 saturated heterocycles. The minimum absolute atomic E-state index is 0.121. The molecular formula is C28H28ClF2N3O3. The Morgan fingerprint density at radius 2 is 1.95 bits per heavy atom. The molecule has 0 radical (unpaired) electrons. The number of aromatic nitrogens is 1. The third-order valence-corrected chi connectivity index (χ3v) is 7.77. The molecule has 2 N–H and O–H groups in total. The van der Waals surface area contributed by atoms with Crippen LogP contribution in [-0.2, 0) is 10.4 Å². The Balaban J connectivity index is 1.25. The summed E-state index contributed by atoms with van der Waals surface area (Å²) in [5, 5.41) is 14.6. The predicted molar refractivity (Wildman–Crippen MR) is 135 cm³/mol. The van der Waals surface area contributed by atoms with Crippen LogP contribution in [0.4, 0.5) is 8.78 Å². The molecule has 1 aromatic heterocycles. The molecule has 6 nitrogen and oxygen atoms in total. The molecule has 1 atom stereocenters. The van der Waals surface area contributed by atoms with Gasteiger partial charge in [-0.3, -0.25) is 14.6 Å². The Bertz CT molecular complexity index is 1260. The standard InChI is InChI=1S/C28H28ClF2N3O3/c29-19-14-21(24(25(30)31)32-15-19)26(35)33-20-12-10-17(11-13-20)16-34-23-9-5-4-8-22(23)28(37,27(34)36)18-6-2-1-3-7-18/h1-4,6-8,14-15,17,20,25,37H,5,9-13,16H2,(H,33,35)/t17-,20-,28?. The number of carbonyl (C=O) groups excluding carboxylic acids is 2. The highest BCUT2D eigenvalue weighted by Crippen LogP contribution is 2.45. The summed E-state index contributed by atoms with van der Waals surface area (Å²) >= 11 is 5.88. The first-order valence-electron chi connectivity index (χ1n) is 12.5. The number of carbonyl (C=O) groups is 2. The molecule has 1 unspecified atom stereocenters. The smallest absolute Gasteiger partial charge is 0.281 e. The van der Waals surface area contributed by atoms with Crippen LogP contribution in [0, 0.1) is 5.92 Å². The van der Waals surface area contributed by atoms with E-state index < -0.39 is 23.6 Å². The summed E-state index contributed by atoms with van der Waals surface area (Å²) in [6.45, 7) is 0.495. The summed E-state index contributed by atoms with van der Waals surface area (Å²) in [6.07, 6.45) is 6.42. The van der Waals surface area contributed by atoms with Crippen molar-refractivity contribution in [2.75, 3.05) is 6.54 Å². The largest absolute Gasteiger partial charge is 0.372 e. The van der Waals surface area contributed by atoms with E-state index in [2.05, 4.69) is 10.3 Å². The van der Waals surface area contributed by atoms with Crippen LogP contribution >= 0.6 is 11.6 Å². The number of amides is 2. The average Bonchev–Trinajstić information content (AvgIpc) is 3.12. The maximum Gasteiger partial charge on any atom is 0.281 e. The first kappa shape index (κ1) is 25.5. The molecule has 3 aliphatic rings. The van der Waals surface area contributed by atoms with Crippen molar-refractivity contribution in [1.82, 2.24) is 15.2 Å². The second kappa shape index (κ2) is 10.3. The summed E-state index contributed by atoms with van der Waals surface area (Å²) in [5.41, 5.74) is -0.391. The van der Waals surface area contributed by atoms with Crippen LogP contribution in [0.15, 0.2) is 66.0 Å². The fourth-order valence-electron chi connectivity index (χ4n) is 5.66. The number of aliphatic hydroxyl groups is 1. The predicted octanol–water partition coefficient (Wildman–Crippen LogP) is 5.30. The Labute approximate surface area is 219 Å². The number of rotatable bonds is 6. The molecule has 2 aromatic rings. The van der Waals surface area contributed by atoms with E-state index >= 15 is 0 Å². The van der Waals surface area contributed by atoms with Crippen molar-refractivity contribution in [1.29, 1.82) is 0 Å². The maximum atomic E-state index is 13.6. The van der Waals surface area contributed by atoms with Gasteiger partial charge in [0.15, 0.2) is 5.60 Å². The number of allylic oxidation sites excluding steroid dienone is 2. The lowest BCUT2D eigenvalue weighted by molar-refractivity contribution is -0.143. The number of benzene rings is 1. The van der Waals surface area contributed by atoms with Gasteiger partial charge in [0.1, 0.15) is 5.69 Å². The van der Waals surface area contributed by atoms with Gasteiger partial charge in [-0.15, -0.1) is 0 Å². The highest BCUT2D eigenvalue weighted by molar-refractivity contribution is 6.30. The van der Waals surface area contributed by atoms with Gasteiger partial charge in [0.25, 0.3) is 18.2 Å². The lowest BCUT2D eigenvalue weighted by Crippen LogP contribution is -2.43. The van der Waals surface area contributed by atoms with Gasteiger partial charge in [0.05, 0.1) is 10.6 Å². The third kappa shape index (κ3) is 4.80. The molecule has 0 spiro atoms. The van der Waals surface area contributed by atoms with E-state index in [0.717, 1.165) is 31.2 Å². The molecule has 5 rings (SSSR count). The van der Waals surface area contributed by atoms with E-state index in [9.17, 15) is 23.5 Å². The van der Waals surface area contributed by atoms with E-state index in [4.69, 9.17) is 11.6 Å². The number of hydrogen-bond acceptors (Lipinski definition) is 4. The van der Waals surface area contributed by atoms with Gasteiger partial charge in [-0.25, -0.2) is 8.78 Å². The fraction of sp³-hybridized carbons (Fsp3) is 0.393. The van der Waals surface area contributed by atoms with Gasteiger partial charge in [0.2, 0.25) is 0 Å². The average molecular weight is 528 g/mol. The molecule has 2 amide bonds. The minimum Gasteiger partial charge on any atom is -0.372 e. The fourth-order valence-corrected chi connectivity index (χ4v) is 5.82. The first-order chi connectivity index (χ1) is 17.8. The molecule has 1 saturated carbocycles. The van der Waals surface area contributed by atoms with Crippen LogP contribution in [0.1, 0.15) is 66.6 Å². The molecule has 37 heavy (non-hydrogen) atoms. The minimum atomic E-state index is -2.88. The number of nitrogens with one attached hydrogen (secondary N) is 1. The van der Waals surface area contributed by atoms with Crippen molar-refractivity contribution in [3.63, 3.8) is 0 Å². The number of pyridine rings is 1. The molecule has 1 fully saturated rings. The summed E-state index contributed by atoms with van der Waals surface area (Å²) in [5.74, 6) is -0.738. The van der Waals surface area contributed by atoms with Crippen molar-refractivity contribution >= 4 is 23.4 Å². The van der Waals surface area contributed by atoms with Crippen molar-refractivity contribution in [3.8, 4) is 0 Å².